The Bertz CT molecular complexity index is 916. The standard InChI is InChI=1S/C20H20N4O2S2/c1-14(25)17(12-15-8-4-2-5-9-15)22-18(26)13-27-20-24-23-19(28-20)21-16-10-6-3-7-11-16/h2-11,17H,12-13H2,1H3,(H,21,23)(H,22,26)/t17-/m1/s1. The zero-order chi connectivity index (χ0) is 19.8. The first-order valence-corrected chi connectivity index (χ1v) is 10.5. The molecule has 0 radical (unpaired) electrons. The largest absolute Gasteiger partial charge is 0.345 e. The van der Waals surface area contributed by atoms with E-state index < -0.39 is 6.04 Å². The number of ketones is 1. The van der Waals surface area contributed by atoms with Gasteiger partial charge in [0.15, 0.2) is 10.1 Å². The van der Waals surface area contributed by atoms with Crippen molar-refractivity contribution < 1.29 is 9.59 Å². The third-order valence-corrected chi connectivity index (χ3v) is 5.84. The number of rotatable bonds is 9. The predicted octanol–water partition coefficient (Wildman–Crippen LogP) is 3.69. The fourth-order valence-corrected chi connectivity index (χ4v) is 4.06. The van der Waals surface area contributed by atoms with Gasteiger partial charge in [-0.3, -0.25) is 9.59 Å². The first-order chi connectivity index (χ1) is 13.6. The fraction of sp³-hybridized carbons (Fsp3) is 0.200. The molecule has 1 atom stereocenters. The molecule has 2 aromatic carbocycles. The Kier molecular flexibility index (Phi) is 7.16. The highest BCUT2D eigenvalue weighted by atomic mass is 32.2. The van der Waals surface area contributed by atoms with Crippen LogP contribution < -0.4 is 10.6 Å². The van der Waals surface area contributed by atoms with Crippen LogP contribution in [-0.2, 0) is 16.0 Å². The maximum Gasteiger partial charge on any atom is 0.231 e. The molecule has 3 rings (SSSR count). The van der Waals surface area contributed by atoms with E-state index in [2.05, 4.69) is 20.8 Å². The number of hydrogen-bond acceptors (Lipinski definition) is 7. The molecule has 0 spiro atoms. The van der Waals surface area contributed by atoms with E-state index >= 15 is 0 Å². The molecule has 8 heteroatoms. The van der Waals surface area contributed by atoms with E-state index in [1.54, 1.807) is 0 Å². The number of carbonyl (C=O) groups is 2. The number of para-hydroxylation sites is 1. The minimum Gasteiger partial charge on any atom is -0.345 e. The lowest BCUT2D eigenvalue weighted by Crippen LogP contribution is -2.42. The van der Waals surface area contributed by atoms with E-state index in [1.165, 1.54) is 30.0 Å². The molecular weight excluding hydrogens is 392 g/mol. The second-order valence-corrected chi connectivity index (χ2v) is 8.27. The van der Waals surface area contributed by atoms with Gasteiger partial charge in [0, 0.05) is 5.69 Å². The normalized spacial score (nSPS) is 11.6. The van der Waals surface area contributed by atoms with Crippen LogP contribution in [0.1, 0.15) is 12.5 Å². The smallest absolute Gasteiger partial charge is 0.231 e. The summed E-state index contributed by atoms with van der Waals surface area (Å²) >= 11 is 2.68. The highest BCUT2D eigenvalue weighted by Crippen LogP contribution is 2.27. The number of amides is 1. The van der Waals surface area contributed by atoms with Crippen molar-refractivity contribution in [1.82, 2.24) is 15.5 Å². The highest BCUT2D eigenvalue weighted by molar-refractivity contribution is 8.01. The quantitative estimate of drug-likeness (QED) is 0.522. The Hall–Kier alpha value is -2.71. The number of benzene rings is 2. The minimum atomic E-state index is -0.528. The van der Waals surface area contributed by atoms with Gasteiger partial charge in [0.05, 0.1) is 11.8 Å². The molecule has 2 N–H and O–H groups in total. The lowest BCUT2D eigenvalue weighted by atomic mass is 10.0. The summed E-state index contributed by atoms with van der Waals surface area (Å²) in [6.45, 7) is 1.49. The van der Waals surface area contributed by atoms with Crippen molar-refractivity contribution in [2.45, 2.75) is 23.7 Å². The summed E-state index contributed by atoms with van der Waals surface area (Å²) < 4.78 is 0.691. The maximum atomic E-state index is 12.3. The lowest BCUT2D eigenvalue weighted by molar-refractivity contribution is -0.125. The summed E-state index contributed by atoms with van der Waals surface area (Å²) in [5, 5.41) is 14.8. The fourth-order valence-electron chi connectivity index (χ4n) is 2.47. The number of nitrogens with one attached hydrogen (secondary N) is 2. The Morgan fingerprint density at radius 1 is 1.04 bits per heavy atom. The minimum absolute atomic E-state index is 0.0625. The second kappa shape index (κ2) is 10.0. The predicted molar refractivity (Wildman–Crippen MR) is 113 cm³/mol. The maximum absolute atomic E-state index is 12.3. The molecule has 0 bridgehead atoms. The van der Waals surface area contributed by atoms with E-state index in [9.17, 15) is 9.59 Å². The van der Waals surface area contributed by atoms with Gasteiger partial charge in [-0.05, 0) is 31.0 Å². The molecule has 1 amide bonds. The summed E-state index contributed by atoms with van der Waals surface area (Å²) in [5.41, 5.74) is 1.94. The van der Waals surface area contributed by atoms with Gasteiger partial charge < -0.3 is 10.6 Å². The number of carbonyl (C=O) groups excluding carboxylic acids is 2. The van der Waals surface area contributed by atoms with Crippen LogP contribution in [0.25, 0.3) is 0 Å². The number of aromatic nitrogens is 2. The molecule has 0 fully saturated rings. The lowest BCUT2D eigenvalue weighted by Gasteiger charge is -2.15. The number of Topliss-reactive ketones (excluding diaryl/α,β-unsaturated/α-hetero) is 1. The molecule has 6 nitrogen and oxygen atoms in total. The van der Waals surface area contributed by atoms with Crippen LogP contribution in [0.3, 0.4) is 0 Å². The molecule has 0 saturated carbocycles. The van der Waals surface area contributed by atoms with Crippen LogP contribution in [-0.4, -0.2) is 33.7 Å². The van der Waals surface area contributed by atoms with Crippen molar-refractivity contribution in [3.63, 3.8) is 0 Å². The summed E-state index contributed by atoms with van der Waals surface area (Å²) in [4.78, 5) is 24.2. The summed E-state index contributed by atoms with van der Waals surface area (Å²) in [6.07, 6.45) is 0.483. The van der Waals surface area contributed by atoms with Crippen molar-refractivity contribution in [3.8, 4) is 0 Å². The van der Waals surface area contributed by atoms with Crippen LogP contribution in [0, 0.1) is 0 Å². The summed E-state index contributed by atoms with van der Waals surface area (Å²) in [5.74, 6) is -0.0835. The molecule has 3 aromatic rings. The van der Waals surface area contributed by atoms with Gasteiger partial charge in [0.2, 0.25) is 11.0 Å². The van der Waals surface area contributed by atoms with Gasteiger partial charge in [0.25, 0.3) is 0 Å². The van der Waals surface area contributed by atoms with E-state index in [4.69, 9.17) is 0 Å². The van der Waals surface area contributed by atoms with Crippen LogP contribution in [0.15, 0.2) is 65.0 Å². The second-order valence-electron chi connectivity index (χ2n) is 6.07. The molecular formula is C20H20N4O2S2. The van der Waals surface area contributed by atoms with Crippen molar-refractivity contribution in [2.24, 2.45) is 0 Å². The van der Waals surface area contributed by atoms with Crippen molar-refractivity contribution in [3.05, 3.63) is 66.2 Å². The molecule has 1 heterocycles. The van der Waals surface area contributed by atoms with E-state index in [1.807, 2.05) is 60.7 Å². The Labute approximate surface area is 171 Å². The SMILES string of the molecule is CC(=O)[C@@H](Cc1ccccc1)NC(=O)CSc1nnc(Nc2ccccc2)s1. The van der Waals surface area contributed by atoms with Gasteiger partial charge in [-0.25, -0.2) is 0 Å². The van der Waals surface area contributed by atoms with Crippen molar-refractivity contribution in [1.29, 1.82) is 0 Å². The molecule has 144 valence electrons. The average molecular weight is 413 g/mol. The van der Waals surface area contributed by atoms with Gasteiger partial charge in [0.1, 0.15) is 0 Å². The zero-order valence-electron chi connectivity index (χ0n) is 15.3. The number of anilines is 2. The van der Waals surface area contributed by atoms with E-state index in [-0.39, 0.29) is 17.4 Å². The van der Waals surface area contributed by atoms with Gasteiger partial charge in [-0.2, -0.15) is 0 Å². The van der Waals surface area contributed by atoms with Gasteiger partial charge in [-0.1, -0.05) is 71.6 Å². The Balaban J connectivity index is 1.50. The third-order valence-electron chi connectivity index (χ3n) is 3.87. The molecule has 0 aliphatic heterocycles. The number of hydrogen-bond donors (Lipinski definition) is 2. The van der Waals surface area contributed by atoms with Gasteiger partial charge >= 0.3 is 0 Å². The Morgan fingerprint density at radius 2 is 1.71 bits per heavy atom. The number of nitrogens with zero attached hydrogens (tertiary/aromatic N) is 2. The summed E-state index contributed by atoms with van der Waals surface area (Å²) in [6, 6.07) is 18.8. The monoisotopic (exact) mass is 412 g/mol. The summed E-state index contributed by atoms with van der Waals surface area (Å²) in [7, 11) is 0. The van der Waals surface area contributed by atoms with Gasteiger partial charge in [-0.15, -0.1) is 10.2 Å². The molecule has 0 saturated heterocycles. The Morgan fingerprint density at radius 3 is 2.39 bits per heavy atom. The average Bonchev–Trinajstić information content (AvgIpc) is 3.15. The van der Waals surface area contributed by atoms with Crippen molar-refractivity contribution >= 4 is 45.6 Å². The third kappa shape index (κ3) is 6.17. The highest BCUT2D eigenvalue weighted by Gasteiger charge is 2.18. The first kappa shape index (κ1) is 20.0. The zero-order valence-corrected chi connectivity index (χ0v) is 16.9. The topological polar surface area (TPSA) is 84.0 Å². The molecule has 0 unspecified atom stereocenters. The number of thioether (sulfide) groups is 1. The van der Waals surface area contributed by atoms with Crippen LogP contribution >= 0.6 is 23.1 Å². The molecule has 0 aliphatic carbocycles. The molecule has 1 aromatic heterocycles. The van der Waals surface area contributed by atoms with Crippen LogP contribution in [0.4, 0.5) is 10.8 Å². The van der Waals surface area contributed by atoms with E-state index in [0.717, 1.165) is 11.3 Å². The molecule has 0 aliphatic rings. The van der Waals surface area contributed by atoms with Crippen molar-refractivity contribution in [2.75, 3.05) is 11.1 Å². The van der Waals surface area contributed by atoms with Crippen LogP contribution in [0.2, 0.25) is 0 Å². The first-order valence-electron chi connectivity index (χ1n) is 8.72. The van der Waals surface area contributed by atoms with E-state index in [0.29, 0.717) is 15.9 Å². The molecule has 28 heavy (non-hydrogen) atoms. The van der Waals surface area contributed by atoms with Crippen LogP contribution in [0.5, 0.6) is 0 Å².